The van der Waals surface area contributed by atoms with Gasteiger partial charge in [0.2, 0.25) is 0 Å². The molecule has 0 aliphatic heterocycles. The van der Waals surface area contributed by atoms with Gasteiger partial charge in [0.1, 0.15) is 12.4 Å². The molecule has 0 saturated carbocycles. The van der Waals surface area contributed by atoms with E-state index < -0.39 is 13.0 Å². The first-order chi connectivity index (χ1) is 9.92. The summed E-state index contributed by atoms with van der Waals surface area (Å²) in [4.78, 5) is 0. The summed E-state index contributed by atoms with van der Waals surface area (Å²) in [6.45, 7) is 1.31. The maximum atomic E-state index is 11.8. The molecule has 0 radical (unpaired) electrons. The Morgan fingerprint density at radius 1 is 1.19 bits per heavy atom. The van der Waals surface area contributed by atoms with Crippen LogP contribution in [0.3, 0.4) is 0 Å². The van der Waals surface area contributed by atoms with E-state index in [1.807, 2.05) is 12.1 Å². The zero-order chi connectivity index (χ0) is 15.7. The van der Waals surface area contributed by atoms with Crippen LogP contribution in [-0.4, -0.2) is 39.8 Å². The summed E-state index contributed by atoms with van der Waals surface area (Å²) in [5, 5.41) is 3.19. The highest BCUT2D eigenvalue weighted by Gasteiger charge is 2.28. The van der Waals surface area contributed by atoms with Crippen molar-refractivity contribution in [3.8, 4) is 5.75 Å². The summed E-state index contributed by atoms with van der Waals surface area (Å²) in [5.74, 6) is 0.474. The van der Waals surface area contributed by atoms with Gasteiger partial charge < -0.3 is 14.8 Å². The van der Waals surface area contributed by atoms with Gasteiger partial charge in [-0.3, -0.25) is 4.74 Å². The molecule has 1 aromatic rings. The van der Waals surface area contributed by atoms with Gasteiger partial charge >= 0.3 is 6.36 Å². The summed E-state index contributed by atoms with van der Waals surface area (Å²) in [6, 6.07) is 5.38. The second kappa shape index (κ2) is 9.24. The molecule has 1 aromatic carbocycles. The number of rotatable bonds is 9. The summed E-state index contributed by atoms with van der Waals surface area (Å²) in [7, 11) is 1.63. The van der Waals surface area contributed by atoms with E-state index in [1.54, 1.807) is 13.2 Å². The molecular formula is C13H17BrF3NO3. The van der Waals surface area contributed by atoms with Crippen LogP contribution in [0.15, 0.2) is 22.7 Å². The molecule has 120 valence electrons. The van der Waals surface area contributed by atoms with Crippen molar-refractivity contribution in [3.05, 3.63) is 28.2 Å². The van der Waals surface area contributed by atoms with Crippen LogP contribution in [0.25, 0.3) is 0 Å². The Bertz CT molecular complexity index is 430. The van der Waals surface area contributed by atoms with Gasteiger partial charge in [0.05, 0.1) is 17.7 Å². The third kappa shape index (κ3) is 8.25. The van der Waals surface area contributed by atoms with Gasteiger partial charge in [0.25, 0.3) is 0 Å². The van der Waals surface area contributed by atoms with E-state index in [4.69, 9.17) is 9.47 Å². The van der Waals surface area contributed by atoms with E-state index in [2.05, 4.69) is 26.0 Å². The molecule has 0 heterocycles. The van der Waals surface area contributed by atoms with Crippen LogP contribution in [0.4, 0.5) is 13.2 Å². The zero-order valence-corrected chi connectivity index (χ0v) is 13.1. The fourth-order valence-corrected chi connectivity index (χ4v) is 2.03. The number of ether oxygens (including phenoxy) is 3. The minimum atomic E-state index is -4.63. The molecule has 0 spiro atoms. The number of halogens is 4. The standard InChI is InChI=1S/C13H17BrF3NO3/c1-19-5-4-18-9-10-2-3-12(11(14)8-10)20-6-7-21-13(15,16)17/h2-3,8,18H,4-7,9H2,1H3. The molecule has 0 amide bonds. The van der Waals surface area contributed by atoms with Crippen LogP contribution in [0.1, 0.15) is 5.56 Å². The van der Waals surface area contributed by atoms with E-state index in [0.717, 1.165) is 12.1 Å². The highest BCUT2D eigenvalue weighted by atomic mass is 79.9. The lowest BCUT2D eigenvalue weighted by Gasteiger charge is -2.11. The number of hydrogen-bond donors (Lipinski definition) is 1. The first-order valence-electron chi connectivity index (χ1n) is 6.24. The summed E-state index contributed by atoms with van der Waals surface area (Å²) in [6.07, 6.45) is -4.63. The van der Waals surface area contributed by atoms with Crippen molar-refractivity contribution in [3.63, 3.8) is 0 Å². The van der Waals surface area contributed by atoms with E-state index in [9.17, 15) is 13.2 Å². The van der Waals surface area contributed by atoms with Crippen LogP contribution >= 0.6 is 15.9 Å². The maximum Gasteiger partial charge on any atom is 0.522 e. The molecule has 0 unspecified atom stereocenters. The topological polar surface area (TPSA) is 39.7 Å². The molecule has 1 N–H and O–H groups in total. The maximum absolute atomic E-state index is 11.8. The Hall–Kier alpha value is -0.830. The van der Waals surface area contributed by atoms with Gasteiger partial charge in [0.15, 0.2) is 0 Å². The van der Waals surface area contributed by atoms with Crippen LogP contribution < -0.4 is 10.1 Å². The third-order valence-corrected chi connectivity index (χ3v) is 3.03. The van der Waals surface area contributed by atoms with E-state index in [0.29, 0.717) is 23.4 Å². The van der Waals surface area contributed by atoms with Crippen molar-refractivity contribution in [1.82, 2.24) is 5.32 Å². The average Bonchev–Trinajstić information content (AvgIpc) is 2.40. The molecule has 1 rings (SSSR count). The second-order valence-corrected chi connectivity index (χ2v) is 4.93. The van der Waals surface area contributed by atoms with Gasteiger partial charge in [0, 0.05) is 20.2 Å². The van der Waals surface area contributed by atoms with Crippen LogP contribution in [-0.2, 0) is 16.0 Å². The average molecular weight is 372 g/mol. The lowest BCUT2D eigenvalue weighted by molar-refractivity contribution is -0.325. The number of nitrogens with one attached hydrogen (secondary N) is 1. The Morgan fingerprint density at radius 3 is 2.57 bits per heavy atom. The normalized spacial score (nSPS) is 11.7. The lowest BCUT2D eigenvalue weighted by Crippen LogP contribution is -2.19. The molecule has 0 atom stereocenters. The molecule has 0 aromatic heterocycles. The van der Waals surface area contributed by atoms with Gasteiger partial charge in [-0.15, -0.1) is 13.2 Å². The number of hydrogen-bond acceptors (Lipinski definition) is 4. The largest absolute Gasteiger partial charge is 0.522 e. The second-order valence-electron chi connectivity index (χ2n) is 4.08. The molecule has 8 heteroatoms. The van der Waals surface area contributed by atoms with Crippen LogP contribution in [0, 0.1) is 0 Å². The monoisotopic (exact) mass is 371 g/mol. The first-order valence-corrected chi connectivity index (χ1v) is 7.03. The zero-order valence-electron chi connectivity index (χ0n) is 11.5. The molecular weight excluding hydrogens is 355 g/mol. The summed E-state index contributed by atoms with van der Waals surface area (Å²) in [5.41, 5.74) is 1.02. The molecule has 0 saturated heterocycles. The highest BCUT2D eigenvalue weighted by molar-refractivity contribution is 9.10. The van der Waals surface area contributed by atoms with Gasteiger partial charge in [-0.1, -0.05) is 6.07 Å². The van der Waals surface area contributed by atoms with E-state index in [-0.39, 0.29) is 6.61 Å². The predicted molar refractivity (Wildman–Crippen MR) is 75.2 cm³/mol. The van der Waals surface area contributed by atoms with Crippen molar-refractivity contribution in [1.29, 1.82) is 0 Å². The fourth-order valence-electron chi connectivity index (χ4n) is 1.49. The van der Waals surface area contributed by atoms with Crippen LogP contribution in [0.2, 0.25) is 0 Å². The van der Waals surface area contributed by atoms with Crippen molar-refractivity contribution in [2.75, 3.05) is 33.5 Å². The van der Waals surface area contributed by atoms with Crippen LogP contribution in [0.5, 0.6) is 5.75 Å². The first kappa shape index (κ1) is 18.2. The van der Waals surface area contributed by atoms with Crippen molar-refractivity contribution in [2.45, 2.75) is 12.9 Å². The molecule has 0 aliphatic carbocycles. The Morgan fingerprint density at radius 2 is 1.95 bits per heavy atom. The lowest BCUT2D eigenvalue weighted by atomic mass is 10.2. The SMILES string of the molecule is COCCNCc1ccc(OCCOC(F)(F)F)c(Br)c1. The molecule has 0 fully saturated rings. The molecule has 4 nitrogen and oxygen atoms in total. The van der Waals surface area contributed by atoms with Gasteiger partial charge in [-0.25, -0.2) is 0 Å². The molecule has 0 bridgehead atoms. The Labute approximate surface area is 129 Å². The molecule has 21 heavy (non-hydrogen) atoms. The summed E-state index contributed by atoms with van der Waals surface area (Å²) >= 11 is 3.32. The quantitative estimate of drug-likeness (QED) is 0.677. The van der Waals surface area contributed by atoms with Crippen molar-refractivity contribution >= 4 is 15.9 Å². The van der Waals surface area contributed by atoms with Gasteiger partial charge in [-0.05, 0) is 33.6 Å². The predicted octanol–water partition coefficient (Wildman–Crippen LogP) is 3.10. The number of benzene rings is 1. The van der Waals surface area contributed by atoms with Crippen molar-refractivity contribution < 1.29 is 27.4 Å². The third-order valence-electron chi connectivity index (χ3n) is 2.42. The smallest absolute Gasteiger partial charge is 0.490 e. The number of alkyl halides is 3. The Balaban J connectivity index is 2.36. The fraction of sp³-hybridized carbons (Fsp3) is 0.538. The molecule has 0 aliphatic rings. The number of methoxy groups -OCH3 is 1. The minimum Gasteiger partial charge on any atom is -0.490 e. The van der Waals surface area contributed by atoms with E-state index >= 15 is 0 Å². The summed E-state index contributed by atoms with van der Waals surface area (Å²) < 4.78 is 49.8. The van der Waals surface area contributed by atoms with Crippen molar-refractivity contribution in [2.24, 2.45) is 0 Å². The van der Waals surface area contributed by atoms with Gasteiger partial charge in [-0.2, -0.15) is 0 Å². The van der Waals surface area contributed by atoms with E-state index in [1.165, 1.54) is 0 Å². The highest BCUT2D eigenvalue weighted by Crippen LogP contribution is 2.26. The Kier molecular flexibility index (Phi) is 8.02. The minimum absolute atomic E-state index is 0.177.